The van der Waals surface area contributed by atoms with Gasteiger partial charge in [-0.1, -0.05) is 18.2 Å². The van der Waals surface area contributed by atoms with Crippen LogP contribution < -0.4 is 20.9 Å². The summed E-state index contributed by atoms with van der Waals surface area (Å²) in [4.78, 5) is 12.0. The Bertz CT molecular complexity index is 1360. The van der Waals surface area contributed by atoms with Crippen molar-refractivity contribution in [3.05, 3.63) is 89.5 Å². The molecule has 0 aliphatic carbocycles. The number of esters is 1. The van der Waals surface area contributed by atoms with Gasteiger partial charge in [-0.2, -0.15) is 30.7 Å². The summed E-state index contributed by atoms with van der Waals surface area (Å²) >= 11 is 0. The fraction of sp³-hybridized carbons (Fsp3) is 0.276. The van der Waals surface area contributed by atoms with Gasteiger partial charge in [-0.3, -0.25) is 0 Å². The van der Waals surface area contributed by atoms with E-state index in [-0.39, 0.29) is 18.1 Å². The fourth-order valence-electron chi connectivity index (χ4n) is 3.54. The third-order valence-electron chi connectivity index (χ3n) is 5.83. The maximum Gasteiger partial charge on any atom is 0.453 e. The normalized spacial score (nSPS) is 12.4. The van der Waals surface area contributed by atoms with Gasteiger partial charge in [-0.15, -0.1) is 0 Å². The van der Waals surface area contributed by atoms with Crippen LogP contribution in [-0.2, 0) is 22.1 Å². The first kappa shape index (κ1) is 32.1. The zero-order valence-electron chi connectivity index (χ0n) is 22.0. The molecule has 3 aromatic carbocycles. The molecule has 0 atom stereocenters. The van der Waals surface area contributed by atoms with Gasteiger partial charge < -0.3 is 25.7 Å². The molecule has 0 fully saturated rings. The summed E-state index contributed by atoms with van der Waals surface area (Å²) in [6, 6.07) is 14.7. The van der Waals surface area contributed by atoms with E-state index in [4.69, 9.17) is 25.7 Å². The van der Waals surface area contributed by atoms with Crippen molar-refractivity contribution < 1.29 is 49.7 Å². The van der Waals surface area contributed by atoms with E-state index in [0.29, 0.717) is 23.4 Å². The minimum Gasteiger partial charge on any atom is -0.494 e. The molecule has 0 saturated heterocycles. The molecule has 4 N–H and O–H groups in total. The van der Waals surface area contributed by atoms with Crippen molar-refractivity contribution in [3.63, 3.8) is 0 Å². The lowest BCUT2D eigenvalue weighted by Gasteiger charge is -2.20. The van der Waals surface area contributed by atoms with Crippen LogP contribution in [0.3, 0.4) is 0 Å². The lowest BCUT2D eigenvalue weighted by atomic mass is 10.1. The first-order valence-electron chi connectivity index (χ1n) is 12.5. The van der Waals surface area contributed by atoms with Gasteiger partial charge in [0.1, 0.15) is 11.5 Å². The predicted octanol–water partition coefficient (Wildman–Crippen LogP) is 7.14. The zero-order valence-corrected chi connectivity index (χ0v) is 22.0. The summed E-state index contributed by atoms with van der Waals surface area (Å²) in [5.74, 6) is -5.61. The van der Waals surface area contributed by atoms with Gasteiger partial charge in [0, 0.05) is 30.3 Å². The van der Waals surface area contributed by atoms with Gasteiger partial charge in [0.05, 0.1) is 18.8 Å². The average Bonchev–Trinajstić information content (AvgIpc) is 2.91. The summed E-state index contributed by atoms with van der Waals surface area (Å²) in [6.45, 7) is -0.373. The predicted molar refractivity (Wildman–Crippen MR) is 142 cm³/mol. The van der Waals surface area contributed by atoms with E-state index in [1.54, 1.807) is 18.2 Å². The third-order valence-corrected chi connectivity index (χ3v) is 5.83. The molecule has 42 heavy (non-hydrogen) atoms. The first-order valence-corrected chi connectivity index (χ1v) is 12.5. The van der Waals surface area contributed by atoms with Crippen LogP contribution in [-0.4, -0.2) is 31.3 Å². The number of anilines is 2. The minimum absolute atomic E-state index is 0.00826. The van der Waals surface area contributed by atoms with Crippen LogP contribution in [0.2, 0.25) is 0 Å². The first-order chi connectivity index (χ1) is 19.7. The minimum atomic E-state index is -5.65. The van der Waals surface area contributed by atoms with Crippen molar-refractivity contribution in [2.45, 2.75) is 37.5 Å². The number of hydrogen-bond donors (Lipinski definition) is 2. The zero-order chi connectivity index (χ0) is 31.0. The SMILES string of the molecule is Nc1ccc(CCOC(=O)/C=C/c2ccc(OC(F)(F)c3ccc(OCCCC(F)(F)C(F)(F)F)cc3)cc2)c(N)c1. The molecule has 0 unspecified atom stereocenters. The van der Waals surface area contributed by atoms with Crippen LogP contribution in [0.4, 0.5) is 42.1 Å². The molecule has 0 bridgehead atoms. The summed E-state index contributed by atoms with van der Waals surface area (Å²) < 4.78 is 107. The number of hydrogen-bond acceptors (Lipinski definition) is 6. The molecule has 0 amide bonds. The smallest absolute Gasteiger partial charge is 0.453 e. The number of ether oxygens (including phenoxy) is 3. The second-order valence-electron chi connectivity index (χ2n) is 9.08. The molecular formula is C29H27F7N2O4. The van der Waals surface area contributed by atoms with Crippen LogP contribution in [0.25, 0.3) is 6.08 Å². The topological polar surface area (TPSA) is 96.8 Å². The number of nitrogens with two attached hydrogens (primary N) is 2. The van der Waals surface area contributed by atoms with Crippen molar-refractivity contribution in [3.8, 4) is 11.5 Å². The number of rotatable bonds is 13. The molecule has 0 aromatic heterocycles. The lowest BCUT2D eigenvalue weighted by molar-refractivity contribution is -0.284. The highest BCUT2D eigenvalue weighted by Crippen LogP contribution is 2.39. The van der Waals surface area contributed by atoms with Crippen molar-refractivity contribution in [1.82, 2.24) is 0 Å². The summed E-state index contributed by atoms with van der Waals surface area (Å²) in [6.07, 6.45) is -8.45. The van der Waals surface area contributed by atoms with E-state index in [2.05, 4.69) is 0 Å². The summed E-state index contributed by atoms with van der Waals surface area (Å²) in [5, 5.41) is 0. The Morgan fingerprint density at radius 3 is 2.07 bits per heavy atom. The van der Waals surface area contributed by atoms with Crippen LogP contribution in [0.5, 0.6) is 11.5 Å². The van der Waals surface area contributed by atoms with Crippen molar-refractivity contribution in [1.29, 1.82) is 0 Å². The second-order valence-corrected chi connectivity index (χ2v) is 9.08. The Morgan fingerprint density at radius 1 is 0.810 bits per heavy atom. The summed E-state index contributed by atoms with van der Waals surface area (Å²) in [7, 11) is 0. The fourth-order valence-corrected chi connectivity index (χ4v) is 3.54. The molecule has 0 aliphatic heterocycles. The molecule has 0 radical (unpaired) electrons. The van der Waals surface area contributed by atoms with E-state index >= 15 is 0 Å². The molecule has 6 nitrogen and oxygen atoms in total. The van der Waals surface area contributed by atoms with Crippen molar-refractivity contribution in [2.24, 2.45) is 0 Å². The highest BCUT2D eigenvalue weighted by atomic mass is 19.4. The molecule has 13 heteroatoms. The van der Waals surface area contributed by atoms with Crippen molar-refractivity contribution in [2.75, 3.05) is 24.7 Å². The average molecular weight is 601 g/mol. The molecule has 226 valence electrons. The van der Waals surface area contributed by atoms with Crippen LogP contribution >= 0.6 is 0 Å². The quantitative estimate of drug-likeness (QED) is 0.0712. The number of nitrogen functional groups attached to an aromatic ring is 2. The van der Waals surface area contributed by atoms with Crippen LogP contribution in [0, 0.1) is 0 Å². The number of alkyl halides is 7. The third kappa shape index (κ3) is 9.32. The monoisotopic (exact) mass is 600 g/mol. The molecule has 0 aliphatic rings. The van der Waals surface area contributed by atoms with Gasteiger partial charge in [0.25, 0.3) is 0 Å². The highest BCUT2D eigenvalue weighted by molar-refractivity contribution is 5.87. The van der Waals surface area contributed by atoms with Gasteiger partial charge in [0.2, 0.25) is 0 Å². The van der Waals surface area contributed by atoms with Gasteiger partial charge in [-0.25, -0.2) is 4.79 Å². The Morgan fingerprint density at radius 2 is 1.45 bits per heavy atom. The highest BCUT2D eigenvalue weighted by Gasteiger charge is 2.56. The van der Waals surface area contributed by atoms with Crippen LogP contribution in [0.1, 0.15) is 29.5 Å². The van der Waals surface area contributed by atoms with E-state index in [0.717, 1.165) is 29.8 Å². The number of carbonyl (C=O) groups is 1. The van der Waals surface area contributed by atoms with E-state index in [1.807, 2.05) is 0 Å². The molecular weight excluding hydrogens is 573 g/mol. The van der Waals surface area contributed by atoms with E-state index < -0.39 is 49.2 Å². The Hall–Kier alpha value is -4.42. The van der Waals surface area contributed by atoms with Crippen molar-refractivity contribution >= 4 is 23.4 Å². The second kappa shape index (κ2) is 13.5. The van der Waals surface area contributed by atoms with Gasteiger partial charge >= 0.3 is 24.2 Å². The van der Waals surface area contributed by atoms with Gasteiger partial charge in [-0.05, 0) is 72.2 Å². The van der Waals surface area contributed by atoms with Crippen LogP contribution in [0.15, 0.2) is 72.8 Å². The number of carbonyl (C=O) groups excluding carboxylic acids is 1. The molecule has 3 aromatic rings. The Balaban J connectivity index is 1.45. The van der Waals surface area contributed by atoms with E-state index in [9.17, 15) is 35.5 Å². The molecule has 0 saturated carbocycles. The molecule has 3 rings (SSSR count). The number of halogens is 7. The lowest BCUT2D eigenvalue weighted by Crippen LogP contribution is -2.36. The maximum absolute atomic E-state index is 14.6. The van der Waals surface area contributed by atoms with Gasteiger partial charge in [0.15, 0.2) is 0 Å². The molecule has 0 heterocycles. The maximum atomic E-state index is 14.6. The largest absolute Gasteiger partial charge is 0.494 e. The standard InChI is InChI=1S/C29H27F7N2O4/c30-27(31,29(34,35)36)15-1-16-40-23-11-6-21(7-12-23)28(32,33)42-24-9-2-19(3-10-24)4-13-26(39)41-17-14-20-5-8-22(37)18-25(20)38/h2-13,18H,1,14-17,37-38H2/b13-4+. The Kier molecular flexibility index (Phi) is 10.3. The summed E-state index contributed by atoms with van der Waals surface area (Å²) in [5.41, 5.74) is 13.3. The van der Waals surface area contributed by atoms with E-state index in [1.165, 1.54) is 36.4 Å². The Labute approximate surface area is 236 Å². The molecule has 0 spiro atoms. The number of benzene rings is 3.